The Kier molecular flexibility index (Phi) is 24.1. The van der Waals surface area contributed by atoms with Crippen LogP contribution in [-0.4, -0.2) is 209 Å². The maximum Gasteiger partial charge on any atom is 0.414 e. The summed E-state index contributed by atoms with van der Waals surface area (Å²) in [6, 6.07) is -0.748. The van der Waals surface area contributed by atoms with Crippen molar-refractivity contribution in [3.8, 4) is 0 Å². The van der Waals surface area contributed by atoms with E-state index in [-0.39, 0.29) is 31.7 Å². The van der Waals surface area contributed by atoms with E-state index in [9.17, 15) is 39.9 Å². The molecule has 22 heteroatoms. The molecule has 0 bridgehead atoms. The highest BCUT2D eigenvalue weighted by atomic mass is 16.7. The number of carboxylic acids is 2. The second-order valence-electron chi connectivity index (χ2n) is 19.4. The third-order valence-corrected chi connectivity index (χ3v) is 13.6. The lowest BCUT2D eigenvalue weighted by atomic mass is 9.79. The molecule has 0 spiro atoms. The summed E-state index contributed by atoms with van der Waals surface area (Å²) in [7, 11) is 6.43. The quantitative estimate of drug-likeness (QED) is 0.0769. The van der Waals surface area contributed by atoms with Crippen LogP contribution in [0.4, 0.5) is 0 Å². The Morgan fingerprint density at radius 1 is 0.843 bits per heavy atom. The number of hydrogen-bond acceptors (Lipinski definition) is 20. The molecule has 0 aromatic rings. The van der Waals surface area contributed by atoms with Crippen LogP contribution < -0.4 is 0 Å². The minimum atomic E-state index is -1.82. The molecule has 4 aliphatic rings. The fourth-order valence-electron chi connectivity index (χ4n) is 9.51. The number of aliphatic hydroxyl groups excluding tert-OH is 4. The van der Waals surface area contributed by atoms with Crippen molar-refractivity contribution < 1.29 is 102 Å². The zero-order valence-electron chi connectivity index (χ0n) is 42.4. The first-order valence-corrected chi connectivity index (χ1v) is 23.8. The molecule has 402 valence electrons. The number of carboxylic acid groups (broad SMARTS) is 2. The number of hydrogen-bond donors (Lipinski definition) is 7. The van der Waals surface area contributed by atoms with E-state index in [1.807, 2.05) is 19.9 Å². The molecule has 4 aliphatic heterocycles. The van der Waals surface area contributed by atoms with E-state index in [1.165, 1.54) is 27.2 Å². The zero-order valence-corrected chi connectivity index (χ0v) is 42.4. The number of methoxy groups -OCH3 is 2. The molecule has 3 fully saturated rings. The number of ketones is 1. The van der Waals surface area contributed by atoms with E-state index in [0.29, 0.717) is 12.0 Å². The molecule has 7 N–H and O–H groups in total. The normalized spacial score (nSPS) is 42.6. The molecule has 0 radical (unpaired) electrons. The van der Waals surface area contributed by atoms with E-state index in [1.54, 1.807) is 59.7 Å². The van der Waals surface area contributed by atoms with Gasteiger partial charge in [-0.05, 0) is 73.5 Å². The van der Waals surface area contributed by atoms with Crippen LogP contribution in [0.15, 0.2) is 23.8 Å². The topological polar surface area (TPSA) is 313 Å². The molecule has 1 unspecified atom stereocenters. The lowest BCUT2D eigenvalue weighted by molar-refractivity contribution is -0.341. The van der Waals surface area contributed by atoms with E-state index >= 15 is 0 Å². The van der Waals surface area contributed by atoms with E-state index in [2.05, 4.69) is 0 Å². The number of aliphatic hydroxyl groups is 5. The maximum absolute atomic E-state index is 13.8. The number of cyclic esters (lactones) is 1. The molecule has 0 aromatic heterocycles. The molecule has 4 rings (SSSR count). The van der Waals surface area contributed by atoms with Crippen molar-refractivity contribution >= 4 is 30.0 Å². The number of rotatable bonds is 13. The Balaban J connectivity index is 0.00000202. The van der Waals surface area contributed by atoms with Gasteiger partial charge in [-0.25, -0.2) is 9.59 Å². The zero-order chi connectivity index (χ0) is 52.9. The van der Waals surface area contributed by atoms with Crippen molar-refractivity contribution in [1.82, 2.24) is 4.90 Å². The average Bonchev–Trinajstić information content (AvgIpc) is 3.28. The van der Waals surface area contributed by atoms with Crippen molar-refractivity contribution in [2.45, 2.75) is 191 Å². The summed E-state index contributed by atoms with van der Waals surface area (Å²) in [6.07, 6.45) is -8.49. The van der Waals surface area contributed by atoms with E-state index < -0.39 is 152 Å². The predicted octanol–water partition coefficient (Wildman–Crippen LogP) is 0.989. The summed E-state index contributed by atoms with van der Waals surface area (Å²) in [5.74, 6) is -7.24. The highest BCUT2D eigenvalue weighted by Gasteiger charge is 2.52. The van der Waals surface area contributed by atoms with Gasteiger partial charge in [0.2, 0.25) is 0 Å². The predicted molar refractivity (Wildman–Crippen MR) is 246 cm³/mol. The number of aliphatic carboxylic acids is 2. The van der Waals surface area contributed by atoms with Crippen LogP contribution in [-0.2, 0) is 66.6 Å². The molecule has 3 saturated heterocycles. The van der Waals surface area contributed by atoms with Gasteiger partial charge in [-0.15, -0.1) is 0 Å². The minimum Gasteiger partial charge on any atom is -0.473 e. The van der Waals surface area contributed by atoms with Gasteiger partial charge in [-0.3, -0.25) is 9.59 Å². The van der Waals surface area contributed by atoms with E-state index in [4.69, 9.17) is 62.4 Å². The SMILES string of the molecule is CC[C@H]1OC(=O)C[C@@H](O)[C@H](C)[C@@H](O[C@H]2O[C@H](C)[C@@H](O[C@H]3C[C@@](C)(O)[C@@H](O)[C@H](C)O3)[C@H](N(C)C)[C@H]2O)[C@@H](CC=O)C[C@@H](C)C(=O)/C=C/C(C)=C/C1CO[C@@H]1O[C@H](C)[C@@H](O)[C@@H](OC)[C@H]1OC.O=C(O)C(=O)O. The van der Waals surface area contributed by atoms with Gasteiger partial charge in [-0.2, -0.15) is 0 Å². The van der Waals surface area contributed by atoms with Crippen molar-refractivity contribution in [2.24, 2.45) is 23.7 Å². The molecule has 0 aromatic carbocycles. The van der Waals surface area contributed by atoms with E-state index in [0.717, 1.165) is 6.29 Å². The Morgan fingerprint density at radius 3 is 2.00 bits per heavy atom. The first-order chi connectivity index (χ1) is 32.7. The van der Waals surface area contributed by atoms with Crippen LogP contribution >= 0.6 is 0 Å². The summed E-state index contributed by atoms with van der Waals surface area (Å²) in [5, 5.41) is 70.6. The van der Waals surface area contributed by atoms with Gasteiger partial charge in [0.25, 0.3) is 0 Å². The second-order valence-corrected chi connectivity index (χ2v) is 19.4. The summed E-state index contributed by atoms with van der Waals surface area (Å²) < 4.78 is 54.7. The average molecular weight is 1010 g/mol. The first-order valence-electron chi connectivity index (χ1n) is 23.8. The highest BCUT2D eigenvalue weighted by molar-refractivity contribution is 6.27. The van der Waals surface area contributed by atoms with Gasteiger partial charge in [0, 0.05) is 44.8 Å². The number of nitrogens with zero attached hydrogens (tertiary/aromatic N) is 1. The molecule has 21 atom stereocenters. The van der Waals surface area contributed by atoms with Gasteiger partial charge in [0.15, 0.2) is 24.7 Å². The number of esters is 1. The number of carbonyl (C=O) groups is 5. The molecule has 0 aliphatic carbocycles. The lowest BCUT2D eigenvalue weighted by Crippen LogP contribution is -2.65. The smallest absolute Gasteiger partial charge is 0.414 e. The van der Waals surface area contributed by atoms with Gasteiger partial charge in [-0.1, -0.05) is 38.5 Å². The van der Waals surface area contributed by atoms with Crippen molar-refractivity contribution in [2.75, 3.05) is 34.9 Å². The Labute approximate surface area is 410 Å². The third-order valence-electron chi connectivity index (χ3n) is 13.6. The molecular formula is C48H79NO21. The number of likely N-dealkylation sites (N-methyl/N-ethyl adjacent to an activating group) is 1. The number of carbonyl (C=O) groups excluding carboxylic acids is 3. The maximum atomic E-state index is 13.8. The van der Waals surface area contributed by atoms with Crippen LogP contribution in [0, 0.1) is 23.7 Å². The summed E-state index contributed by atoms with van der Waals surface area (Å²) in [4.78, 5) is 59.7. The first kappa shape index (κ1) is 61.0. The summed E-state index contributed by atoms with van der Waals surface area (Å²) in [6.45, 7) is 13.6. The number of allylic oxidation sites excluding steroid dienone is 3. The summed E-state index contributed by atoms with van der Waals surface area (Å²) in [5.41, 5.74) is -0.806. The van der Waals surface area contributed by atoms with Crippen molar-refractivity contribution in [1.29, 1.82) is 0 Å². The lowest BCUT2D eigenvalue weighted by Gasteiger charge is -2.50. The van der Waals surface area contributed by atoms with Gasteiger partial charge in [0.05, 0.1) is 55.2 Å². The van der Waals surface area contributed by atoms with Gasteiger partial charge >= 0.3 is 17.9 Å². The van der Waals surface area contributed by atoms with Crippen LogP contribution in [0.1, 0.15) is 87.5 Å². The Morgan fingerprint density at radius 2 is 1.46 bits per heavy atom. The monoisotopic (exact) mass is 1010 g/mol. The fraction of sp³-hybridized carbons (Fsp3) is 0.812. The fourth-order valence-corrected chi connectivity index (χ4v) is 9.51. The van der Waals surface area contributed by atoms with Crippen molar-refractivity contribution in [3.63, 3.8) is 0 Å². The standard InChI is InChI=1S/C46H77NO17.C2H2O4/c1-13-33-30(22-58-45-42(57-12)41(56-11)37(52)26(5)60-45)18-23(2)14-15-31(49)24(3)19-29(16-17-48)39(25(4)32(50)20-34(51)62-33)64-44-38(53)36(47(9)10)40(27(6)61-44)63-35-21-46(8,55)43(54)28(7)59-35;3-1(4)2(5)6/h14-15,17-18,24-30,32-33,35-45,50,52-55H,13,16,19-22H2,1-12H3;(H,3,4)(H,5,6)/b15-14+,23-18+;/t24-,25+,26-,27-,28+,29+,30?,32-,33-,35+,36-,37-,38-,39-,40-,41-,42-,43+,44-,45-,46-;/m1./s1. The van der Waals surface area contributed by atoms with Crippen LogP contribution in [0.2, 0.25) is 0 Å². The van der Waals surface area contributed by atoms with Crippen LogP contribution in [0.3, 0.4) is 0 Å². The number of aldehydes is 1. The number of ether oxygens (including phenoxy) is 9. The summed E-state index contributed by atoms with van der Waals surface area (Å²) >= 11 is 0. The Hall–Kier alpha value is -3.33. The molecule has 70 heavy (non-hydrogen) atoms. The molecular weight excluding hydrogens is 927 g/mol. The highest BCUT2D eigenvalue weighted by Crippen LogP contribution is 2.37. The van der Waals surface area contributed by atoms with Crippen LogP contribution in [0.25, 0.3) is 0 Å². The third kappa shape index (κ3) is 16.3. The van der Waals surface area contributed by atoms with Crippen molar-refractivity contribution in [3.05, 3.63) is 23.8 Å². The largest absolute Gasteiger partial charge is 0.473 e. The minimum absolute atomic E-state index is 0.00788. The second kappa shape index (κ2) is 27.6. The van der Waals surface area contributed by atoms with Crippen LogP contribution in [0.5, 0.6) is 0 Å². The van der Waals surface area contributed by atoms with Gasteiger partial charge in [0.1, 0.15) is 49.0 Å². The molecule has 0 amide bonds. The van der Waals surface area contributed by atoms with Gasteiger partial charge < -0.3 is 88.1 Å². The molecule has 4 heterocycles. The Bertz CT molecular complexity index is 1750. The molecule has 22 nitrogen and oxygen atoms in total. The molecule has 0 saturated carbocycles.